The summed E-state index contributed by atoms with van der Waals surface area (Å²) < 4.78 is 0. The van der Waals surface area contributed by atoms with Crippen molar-refractivity contribution < 1.29 is 0 Å². The molecule has 16 heavy (non-hydrogen) atoms. The first-order valence-corrected chi connectivity index (χ1v) is 6.70. The summed E-state index contributed by atoms with van der Waals surface area (Å²) in [5.41, 5.74) is 6.26. The molecular weight excluding hydrogens is 198 g/mol. The van der Waals surface area contributed by atoms with E-state index in [0.717, 1.165) is 25.3 Å². The third-order valence-corrected chi connectivity index (χ3v) is 3.98. The maximum absolute atomic E-state index is 6.05. The van der Waals surface area contributed by atoms with Crippen molar-refractivity contribution in [2.75, 3.05) is 6.54 Å². The Hall–Kier alpha value is -0.730. The highest BCUT2D eigenvalue weighted by atomic mass is 15.4. The molecule has 0 aromatic rings. The number of hydrogen-bond acceptors (Lipinski definition) is 3. The predicted molar refractivity (Wildman–Crippen MR) is 70.6 cm³/mol. The molecule has 0 aromatic carbocycles. The van der Waals surface area contributed by atoms with Gasteiger partial charge in [0.15, 0.2) is 5.96 Å². The molecule has 1 rings (SSSR count). The Morgan fingerprint density at radius 1 is 1.44 bits per heavy atom. The summed E-state index contributed by atoms with van der Waals surface area (Å²) >= 11 is 0. The third-order valence-electron chi connectivity index (χ3n) is 3.98. The molecule has 1 heterocycles. The Kier molecular flexibility index (Phi) is 4.63. The van der Waals surface area contributed by atoms with Crippen LogP contribution in [0, 0.1) is 0 Å². The van der Waals surface area contributed by atoms with Crippen LogP contribution in [0.4, 0.5) is 0 Å². The Morgan fingerprint density at radius 2 is 2.12 bits per heavy atom. The molecule has 0 bridgehead atoms. The average molecular weight is 225 g/mol. The van der Waals surface area contributed by atoms with Crippen molar-refractivity contribution in [2.45, 2.75) is 71.4 Å². The molecule has 2 N–H and O–H groups in total. The molecule has 0 aromatic heterocycles. The number of hydrogen-bond donors (Lipinski definition) is 1. The van der Waals surface area contributed by atoms with Gasteiger partial charge in [-0.05, 0) is 26.2 Å². The SMILES string of the molecule is CCCCC1(CC)CN=C(N)N1C(C)CC. The van der Waals surface area contributed by atoms with Crippen molar-refractivity contribution in [3.05, 3.63) is 0 Å². The largest absolute Gasteiger partial charge is 0.370 e. The zero-order valence-corrected chi connectivity index (χ0v) is 11.3. The molecule has 0 saturated carbocycles. The fourth-order valence-corrected chi connectivity index (χ4v) is 2.66. The Labute approximate surface area is 100 Å². The van der Waals surface area contributed by atoms with Gasteiger partial charge in [-0.15, -0.1) is 0 Å². The van der Waals surface area contributed by atoms with E-state index in [-0.39, 0.29) is 5.54 Å². The second kappa shape index (κ2) is 5.55. The van der Waals surface area contributed by atoms with Crippen molar-refractivity contribution in [3.8, 4) is 0 Å². The first kappa shape index (κ1) is 13.3. The van der Waals surface area contributed by atoms with Crippen LogP contribution < -0.4 is 5.73 Å². The summed E-state index contributed by atoms with van der Waals surface area (Å²) in [6, 6.07) is 0.503. The summed E-state index contributed by atoms with van der Waals surface area (Å²) in [5, 5.41) is 0. The first-order valence-electron chi connectivity index (χ1n) is 6.70. The minimum atomic E-state index is 0.204. The van der Waals surface area contributed by atoms with Crippen LogP contribution >= 0.6 is 0 Å². The summed E-state index contributed by atoms with van der Waals surface area (Å²) in [5.74, 6) is 0.757. The smallest absolute Gasteiger partial charge is 0.192 e. The van der Waals surface area contributed by atoms with E-state index in [1.165, 1.54) is 19.3 Å². The van der Waals surface area contributed by atoms with Crippen LogP contribution in [0.5, 0.6) is 0 Å². The molecule has 3 nitrogen and oxygen atoms in total. The van der Waals surface area contributed by atoms with Crippen LogP contribution in [0.25, 0.3) is 0 Å². The number of nitrogens with zero attached hydrogens (tertiary/aromatic N) is 2. The van der Waals surface area contributed by atoms with Gasteiger partial charge in [-0.2, -0.15) is 0 Å². The van der Waals surface area contributed by atoms with E-state index >= 15 is 0 Å². The van der Waals surface area contributed by atoms with Crippen LogP contribution in [0.3, 0.4) is 0 Å². The monoisotopic (exact) mass is 225 g/mol. The first-order chi connectivity index (χ1) is 7.61. The van der Waals surface area contributed by atoms with Gasteiger partial charge in [0.05, 0.1) is 12.1 Å². The molecule has 2 unspecified atom stereocenters. The number of guanidine groups is 1. The summed E-state index contributed by atoms with van der Waals surface area (Å²) in [6.45, 7) is 9.87. The van der Waals surface area contributed by atoms with Crippen LogP contribution in [-0.2, 0) is 0 Å². The molecule has 0 amide bonds. The lowest BCUT2D eigenvalue weighted by Gasteiger charge is -2.42. The van der Waals surface area contributed by atoms with Gasteiger partial charge in [0.25, 0.3) is 0 Å². The van der Waals surface area contributed by atoms with Crippen LogP contribution in [-0.4, -0.2) is 29.0 Å². The van der Waals surface area contributed by atoms with Gasteiger partial charge in [-0.25, -0.2) is 0 Å². The van der Waals surface area contributed by atoms with Gasteiger partial charge in [-0.1, -0.05) is 33.6 Å². The topological polar surface area (TPSA) is 41.6 Å². The maximum atomic E-state index is 6.05. The summed E-state index contributed by atoms with van der Waals surface area (Å²) in [7, 11) is 0. The highest BCUT2D eigenvalue weighted by Crippen LogP contribution is 2.33. The van der Waals surface area contributed by atoms with E-state index in [1.807, 2.05) is 0 Å². The van der Waals surface area contributed by atoms with Crippen molar-refractivity contribution in [2.24, 2.45) is 10.7 Å². The fourth-order valence-electron chi connectivity index (χ4n) is 2.66. The van der Waals surface area contributed by atoms with Gasteiger partial charge >= 0.3 is 0 Å². The maximum Gasteiger partial charge on any atom is 0.192 e. The minimum absolute atomic E-state index is 0.204. The molecule has 0 spiro atoms. The second-order valence-electron chi connectivity index (χ2n) is 4.98. The lowest BCUT2D eigenvalue weighted by Crippen LogP contribution is -2.55. The molecule has 94 valence electrons. The molecular formula is C13H27N3. The van der Waals surface area contributed by atoms with Crippen molar-refractivity contribution >= 4 is 5.96 Å². The molecule has 0 aliphatic carbocycles. The highest BCUT2D eigenvalue weighted by molar-refractivity contribution is 5.81. The number of unbranched alkanes of at least 4 members (excludes halogenated alkanes) is 1. The predicted octanol–water partition coefficient (Wildman–Crippen LogP) is 2.75. The summed E-state index contributed by atoms with van der Waals surface area (Å²) in [6.07, 6.45) is 6.00. The zero-order valence-electron chi connectivity index (χ0n) is 11.3. The van der Waals surface area contributed by atoms with Crippen LogP contribution in [0.1, 0.15) is 59.8 Å². The van der Waals surface area contributed by atoms with E-state index in [1.54, 1.807) is 0 Å². The van der Waals surface area contributed by atoms with Gasteiger partial charge in [0.2, 0.25) is 0 Å². The van der Waals surface area contributed by atoms with Crippen molar-refractivity contribution in [3.63, 3.8) is 0 Å². The number of rotatable bonds is 6. The lowest BCUT2D eigenvalue weighted by atomic mass is 9.87. The minimum Gasteiger partial charge on any atom is -0.370 e. The van der Waals surface area contributed by atoms with Crippen molar-refractivity contribution in [1.29, 1.82) is 0 Å². The summed E-state index contributed by atoms with van der Waals surface area (Å²) in [4.78, 5) is 6.86. The normalized spacial score (nSPS) is 27.0. The Balaban J connectivity index is 2.83. The Morgan fingerprint density at radius 3 is 2.62 bits per heavy atom. The van der Waals surface area contributed by atoms with E-state index in [0.29, 0.717) is 6.04 Å². The van der Waals surface area contributed by atoms with Gasteiger partial charge in [0, 0.05) is 6.04 Å². The molecule has 2 atom stereocenters. The quantitative estimate of drug-likeness (QED) is 0.755. The lowest BCUT2D eigenvalue weighted by molar-refractivity contribution is 0.133. The van der Waals surface area contributed by atoms with Gasteiger partial charge in [-0.3, -0.25) is 4.99 Å². The standard InChI is InChI=1S/C13H27N3/c1-5-8-9-13(7-3)10-15-12(14)16(13)11(4)6-2/h11H,5-10H2,1-4H3,(H2,14,15). The van der Waals surface area contributed by atoms with E-state index in [4.69, 9.17) is 5.73 Å². The van der Waals surface area contributed by atoms with E-state index < -0.39 is 0 Å². The second-order valence-corrected chi connectivity index (χ2v) is 4.98. The molecule has 0 saturated heterocycles. The van der Waals surface area contributed by atoms with E-state index in [9.17, 15) is 0 Å². The van der Waals surface area contributed by atoms with Crippen LogP contribution in [0.2, 0.25) is 0 Å². The third kappa shape index (κ3) is 2.33. The number of aliphatic imine (C=N–C) groups is 1. The van der Waals surface area contributed by atoms with Gasteiger partial charge < -0.3 is 10.6 Å². The fraction of sp³-hybridized carbons (Fsp3) is 0.923. The Bertz CT molecular complexity index is 250. The molecule has 1 aliphatic rings. The molecule has 3 heteroatoms. The molecule has 0 fully saturated rings. The van der Waals surface area contributed by atoms with E-state index in [2.05, 4.69) is 37.6 Å². The zero-order chi connectivity index (χ0) is 12.2. The van der Waals surface area contributed by atoms with Crippen molar-refractivity contribution in [1.82, 2.24) is 4.90 Å². The van der Waals surface area contributed by atoms with Crippen LogP contribution in [0.15, 0.2) is 4.99 Å². The molecule has 1 aliphatic heterocycles. The highest BCUT2D eigenvalue weighted by Gasteiger charge is 2.41. The number of nitrogens with two attached hydrogens (primary N) is 1. The molecule has 0 radical (unpaired) electrons. The average Bonchev–Trinajstić information content (AvgIpc) is 2.63. The van der Waals surface area contributed by atoms with Gasteiger partial charge in [0.1, 0.15) is 0 Å².